The van der Waals surface area contributed by atoms with Gasteiger partial charge in [-0.2, -0.15) is 0 Å². The lowest BCUT2D eigenvalue weighted by Crippen LogP contribution is -2.11. The molecule has 1 unspecified atom stereocenters. The maximum atomic E-state index is 5.67. The standard InChI is InChI=1S/C9H9ClO2/c1-6-11-8-3-2-7(5-10)4-9(8)12-6/h2-4,6H,5H2,1H3. The van der Waals surface area contributed by atoms with Gasteiger partial charge in [0.25, 0.3) is 0 Å². The highest BCUT2D eigenvalue weighted by Gasteiger charge is 2.19. The van der Waals surface area contributed by atoms with E-state index in [1.165, 1.54) is 0 Å². The SMILES string of the molecule is CC1Oc2ccc(CCl)cc2O1. The number of hydrogen-bond donors (Lipinski definition) is 0. The number of rotatable bonds is 1. The zero-order valence-corrected chi connectivity index (χ0v) is 7.47. The van der Waals surface area contributed by atoms with E-state index in [1.54, 1.807) is 0 Å². The van der Waals surface area contributed by atoms with Crippen LogP contribution in [0, 0.1) is 0 Å². The summed E-state index contributed by atoms with van der Waals surface area (Å²) < 4.78 is 10.7. The van der Waals surface area contributed by atoms with Crippen molar-refractivity contribution in [3.63, 3.8) is 0 Å². The van der Waals surface area contributed by atoms with Crippen molar-refractivity contribution in [1.82, 2.24) is 0 Å². The molecule has 0 saturated heterocycles. The van der Waals surface area contributed by atoms with Crippen LogP contribution in [0.3, 0.4) is 0 Å². The van der Waals surface area contributed by atoms with Gasteiger partial charge in [0.15, 0.2) is 11.5 Å². The maximum Gasteiger partial charge on any atom is 0.238 e. The van der Waals surface area contributed by atoms with E-state index in [1.807, 2.05) is 25.1 Å². The molecule has 0 spiro atoms. The smallest absolute Gasteiger partial charge is 0.238 e. The fourth-order valence-corrected chi connectivity index (χ4v) is 1.37. The van der Waals surface area contributed by atoms with Crippen LogP contribution in [-0.2, 0) is 5.88 Å². The first-order valence-electron chi connectivity index (χ1n) is 3.82. The molecule has 1 atom stereocenters. The molecule has 3 heteroatoms. The third-order valence-electron chi connectivity index (χ3n) is 1.75. The minimum atomic E-state index is -0.175. The minimum Gasteiger partial charge on any atom is -0.451 e. The third kappa shape index (κ3) is 1.23. The number of benzene rings is 1. The van der Waals surface area contributed by atoms with E-state index in [2.05, 4.69) is 0 Å². The fourth-order valence-electron chi connectivity index (χ4n) is 1.21. The summed E-state index contributed by atoms with van der Waals surface area (Å²) in [4.78, 5) is 0. The second-order valence-corrected chi connectivity index (χ2v) is 2.99. The van der Waals surface area contributed by atoms with Crippen LogP contribution in [0.15, 0.2) is 18.2 Å². The first kappa shape index (κ1) is 7.74. The van der Waals surface area contributed by atoms with Crippen molar-refractivity contribution in [2.45, 2.75) is 19.1 Å². The first-order valence-corrected chi connectivity index (χ1v) is 4.35. The van der Waals surface area contributed by atoms with Crippen molar-refractivity contribution < 1.29 is 9.47 Å². The van der Waals surface area contributed by atoms with Gasteiger partial charge < -0.3 is 9.47 Å². The molecule has 0 fully saturated rings. The first-order chi connectivity index (χ1) is 5.79. The quantitative estimate of drug-likeness (QED) is 0.625. The molecule has 64 valence electrons. The summed E-state index contributed by atoms with van der Waals surface area (Å²) in [6, 6.07) is 5.73. The molecule has 1 heterocycles. The van der Waals surface area contributed by atoms with Gasteiger partial charge in [-0.1, -0.05) is 6.07 Å². The van der Waals surface area contributed by atoms with Crippen molar-refractivity contribution in [2.24, 2.45) is 0 Å². The van der Waals surface area contributed by atoms with Gasteiger partial charge in [-0.25, -0.2) is 0 Å². The van der Waals surface area contributed by atoms with Crippen molar-refractivity contribution in [3.05, 3.63) is 23.8 Å². The fraction of sp³-hybridized carbons (Fsp3) is 0.333. The lowest BCUT2D eigenvalue weighted by Gasteiger charge is -1.99. The average Bonchev–Trinajstić information content (AvgIpc) is 2.43. The summed E-state index contributed by atoms with van der Waals surface area (Å²) >= 11 is 5.67. The molecule has 1 aliphatic heterocycles. The Morgan fingerprint density at radius 1 is 1.33 bits per heavy atom. The van der Waals surface area contributed by atoms with Gasteiger partial charge in [0.1, 0.15) is 0 Å². The molecule has 2 rings (SSSR count). The zero-order valence-electron chi connectivity index (χ0n) is 6.71. The number of fused-ring (bicyclic) bond motifs is 1. The van der Waals surface area contributed by atoms with Crippen LogP contribution in [0.5, 0.6) is 11.5 Å². The Bertz CT molecular complexity index is 299. The highest BCUT2D eigenvalue weighted by atomic mass is 35.5. The van der Waals surface area contributed by atoms with Crippen molar-refractivity contribution in [1.29, 1.82) is 0 Å². The summed E-state index contributed by atoms with van der Waals surface area (Å²) in [5.74, 6) is 2.10. The molecule has 0 N–H and O–H groups in total. The summed E-state index contributed by atoms with van der Waals surface area (Å²) in [6.45, 7) is 1.86. The Hall–Kier alpha value is -0.890. The summed E-state index contributed by atoms with van der Waals surface area (Å²) in [5, 5.41) is 0. The number of halogens is 1. The normalized spacial score (nSPS) is 19.7. The van der Waals surface area contributed by atoms with Gasteiger partial charge in [-0.3, -0.25) is 0 Å². The van der Waals surface area contributed by atoms with Crippen molar-refractivity contribution in [2.75, 3.05) is 0 Å². The molecule has 0 radical (unpaired) electrons. The van der Waals surface area contributed by atoms with Crippen LogP contribution in [0.4, 0.5) is 0 Å². The Balaban J connectivity index is 2.35. The molecule has 0 bridgehead atoms. The van der Waals surface area contributed by atoms with E-state index >= 15 is 0 Å². The summed E-state index contributed by atoms with van der Waals surface area (Å²) in [5.41, 5.74) is 1.05. The number of ether oxygens (including phenoxy) is 2. The largest absolute Gasteiger partial charge is 0.451 e. The van der Waals surface area contributed by atoms with E-state index in [0.717, 1.165) is 17.1 Å². The van der Waals surface area contributed by atoms with Crippen LogP contribution in [-0.4, -0.2) is 6.29 Å². The summed E-state index contributed by atoms with van der Waals surface area (Å²) in [7, 11) is 0. The molecular formula is C9H9ClO2. The van der Waals surface area contributed by atoms with E-state index in [0.29, 0.717) is 5.88 Å². The minimum absolute atomic E-state index is 0.175. The van der Waals surface area contributed by atoms with E-state index in [-0.39, 0.29) is 6.29 Å². The van der Waals surface area contributed by atoms with Gasteiger partial charge in [0.05, 0.1) is 0 Å². The van der Waals surface area contributed by atoms with Gasteiger partial charge in [0, 0.05) is 12.8 Å². The van der Waals surface area contributed by atoms with Crippen molar-refractivity contribution >= 4 is 11.6 Å². The molecular weight excluding hydrogens is 176 g/mol. The molecule has 0 amide bonds. The molecule has 0 aromatic heterocycles. The lowest BCUT2D eigenvalue weighted by molar-refractivity contribution is 0.0678. The number of alkyl halides is 1. The van der Waals surface area contributed by atoms with Crippen LogP contribution in [0.25, 0.3) is 0 Å². The molecule has 1 aromatic carbocycles. The van der Waals surface area contributed by atoms with Crippen LogP contribution < -0.4 is 9.47 Å². The predicted octanol–water partition coefficient (Wildman–Crippen LogP) is 2.54. The average molecular weight is 185 g/mol. The maximum absolute atomic E-state index is 5.67. The van der Waals surface area contributed by atoms with Crippen LogP contribution in [0.2, 0.25) is 0 Å². The highest BCUT2D eigenvalue weighted by molar-refractivity contribution is 6.17. The number of hydrogen-bond acceptors (Lipinski definition) is 2. The van der Waals surface area contributed by atoms with Gasteiger partial charge in [0.2, 0.25) is 6.29 Å². The van der Waals surface area contributed by atoms with E-state index < -0.39 is 0 Å². The van der Waals surface area contributed by atoms with Crippen LogP contribution in [0.1, 0.15) is 12.5 Å². The monoisotopic (exact) mass is 184 g/mol. The Kier molecular flexibility index (Phi) is 1.85. The summed E-state index contributed by atoms with van der Waals surface area (Å²) in [6.07, 6.45) is -0.175. The second kappa shape index (κ2) is 2.87. The predicted molar refractivity (Wildman–Crippen MR) is 46.7 cm³/mol. The highest BCUT2D eigenvalue weighted by Crippen LogP contribution is 2.35. The van der Waals surface area contributed by atoms with Crippen LogP contribution >= 0.6 is 11.6 Å². The topological polar surface area (TPSA) is 18.5 Å². The van der Waals surface area contributed by atoms with Crippen molar-refractivity contribution in [3.8, 4) is 11.5 Å². The molecule has 2 nitrogen and oxygen atoms in total. The third-order valence-corrected chi connectivity index (χ3v) is 2.06. The van der Waals surface area contributed by atoms with Gasteiger partial charge in [-0.15, -0.1) is 11.6 Å². The Morgan fingerprint density at radius 3 is 2.83 bits per heavy atom. The lowest BCUT2D eigenvalue weighted by atomic mass is 10.2. The van der Waals surface area contributed by atoms with E-state index in [4.69, 9.17) is 21.1 Å². The van der Waals surface area contributed by atoms with E-state index in [9.17, 15) is 0 Å². The Labute approximate surface area is 76.1 Å². The van der Waals surface area contributed by atoms with Gasteiger partial charge in [-0.05, 0) is 17.7 Å². The Morgan fingerprint density at radius 2 is 2.08 bits per heavy atom. The molecule has 0 aliphatic carbocycles. The zero-order chi connectivity index (χ0) is 8.55. The van der Waals surface area contributed by atoms with Gasteiger partial charge >= 0.3 is 0 Å². The molecule has 12 heavy (non-hydrogen) atoms. The molecule has 0 saturated carbocycles. The molecule has 1 aliphatic rings. The second-order valence-electron chi connectivity index (χ2n) is 2.72. The molecule has 1 aromatic rings.